The van der Waals surface area contributed by atoms with Crippen LogP contribution in [0.1, 0.15) is 19.3 Å². The molecule has 0 saturated carbocycles. The monoisotopic (exact) mass is 212 g/mol. The lowest BCUT2D eigenvalue weighted by atomic mass is 10.1. The quantitative estimate of drug-likeness (QED) is 0.657. The van der Waals surface area contributed by atoms with Crippen molar-refractivity contribution in [1.82, 2.24) is 10.2 Å². The molecule has 15 heavy (non-hydrogen) atoms. The van der Waals surface area contributed by atoms with Crippen LogP contribution >= 0.6 is 0 Å². The Hall–Kier alpha value is -1.10. The highest BCUT2D eigenvalue weighted by molar-refractivity contribution is 5.84. The van der Waals surface area contributed by atoms with E-state index in [0.717, 1.165) is 25.9 Å². The summed E-state index contributed by atoms with van der Waals surface area (Å²) in [5, 5.41) is 11.8. The summed E-state index contributed by atoms with van der Waals surface area (Å²) in [6.07, 6.45) is 2.58. The molecule has 2 rings (SSSR count). The van der Waals surface area contributed by atoms with Crippen molar-refractivity contribution in [2.24, 2.45) is 5.92 Å². The van der Waals surface area contributed by atoms with Gasteiger partial charge in [0, 0.05) is 19.6 Å². The summed E-state index contributed by atoms with van der Waals surface area (Å²) >= 11 is 0. The first-order valence-electron chi connectivity index (χ1n) is 5.43. The van der Waals surface area contributed by atoms with Gasteiger partial charge in [0.15, 0.2) is 0 Å². The number of rotatable bonds is 2. The van der Waals surface area contributed by atoms with Gasteiger partial charge in [-0.25, -0.2) is 0 Å². The topological polar surface area (TPSA) is 69.6 Å². The highest BCUT2D eigenvalue weighted by atomic mass is 16.4. The normalized spacial score (nSPS) is 30.8. The van der Waals surface area contributed by atoms with Crippen LogP contribution in [0.4, 0.5) is 0 Å². The smallest absolute Gasteiger partial charge is 0.307 e. The Balaban J connectivity index is 1.89. The summed E-state index contributed by atoms with van der Waals surface area (Å²) < 4.78 is 0. The van der Waals surface area contributed by atoms with Crippen molar-refractivity contribution in [3.63, 3.8) is 0 Å². The average molecular weight is 212 g/mol. The van der Waals surface area contributed by atoms with Crippen molar-refractivity contribution < 1.29 is 14.7 Å². The minimum atomic E-state index is -0.806. The zero-order valence-electron chi connectivity index (χ0n) is 8.61. The van der Waals surface area contributed by atoms with E-state index >= 15 is 0 Å². The molecule has 0 radical (unpaired) electrons. The number of amides is 1. The fourth-order valence-electron chi connectivity index (χ4n) is 2.27. The number of nitrogens with zero attached hydrogens (tertiary/aromatic N) is 1. The van der Waals surface area contributed by atoms with E-state index in [0.29, 0.717) is 13.0 Å². The zero-order valence-corrected chi connectivity index (χ0v) is 8.61. The van der Waals surface area contributed by atoms with Crippen LogP contribution in [0.25, 0.3) is 0 Å². The molecule has 0 aromatic heterocycles. The van der Waals surface area contributed by atoms with E-state index in [1.54, 1.807) is 0 Å². The zero-order chi connectivity index (χ0) is 10.8. The second-order valence-electron chi connectivity index (χ2n) is 4.26. The van der Waals surface area contributed by atoms with Crippen molar-refractivity contribution in [1.29, 1.82) is 0 Å². The lowest BCUT2D eigenvalue weighted by Gasteiger charge is -2.19. The highest BCUT2D eigenvalue weighted by Gasteiger charge is 2.35. The van der Waals surface area contributed by atoms with Gasteiger partial charge in [-0.3, -0.25) is 9.59 Å². The van der Waals surface area contributed by atoms with Crippen LogP contribution in [-0.4, -0.2) is 47.6 Å². The second kappa shape index (κ2) is 4.18. The van der Waals surface area contributed by atoms with Crippen LogP contribution in [0, 0.1) is 5.92 Å². The largest absolute Gasteiger partial charge is 0.481 e. The molecule has 2 saturated heterocycles. The number of carbonyl (C=O) groups is 2. The van der Waals surface area contributed by atoms with E-state index in [4.69, 9.17) is 5.11 Å². The first kappa shape index (κ1) is 10.4. The number of hydrogen-bond acceptors (Lipinski definition) is 3. The van der Waals surface area contributed by atoms with Crippen LogP contribution in [-0.2, 0) is 9.59 Å². The molecule has 0 unspecified atom stereocenters. The maximum absolute atomic E-state index is 11.9. The predicted octanol–water partition coefficient (Wildman–Crippen LogP) is -0.329. The van der Waals surface area contributed by atoms with Crippen molar-refractivity contribution in [3.05, 3.63) is 0 Å². The third-order valence-electron chi connectivity index (χ3n) is 3.20. The number of carboxylic acids is 1. The van der Waals surface area contributed by atoms with E-state index in [2.05, 4.69) is 5.32 Å². The molecule has 2 aliphatic rings. The summed E-state index contributed by atoms with van der Waals surface area (Å²) in [7, 11) is 0. The van der Waals surface area contributed by atoms with Gasteiger partial charge in [-0.05, 0) is 19.3 Å². The molecule has 0 aliphatic carbocycles. The Kier molecular flexibility index (Phi) is 2.90. The van der Waals surface area contributed by atoms with Crippen molar-refractivity contribution in [2.45, 2.75) is 25.3 Å². The minimum Gasteiger partial charge on any atom is -0.481 e. The van der Waals surface area contributed by atoms with Gasteiger partial charge < -0.3 is 15.3 Å². The Morgan fingerprint density at radius 3 is 2.47 bits per heavy atom. The number of hydrogen-bond donors (Lipinski definition) is 2. The minimum absolute atomic E-state index is 0.0799. The molecule has 84 valence electrons. The molecule has 2 aliphatic heterocycles. The van der Waals surface area contributed by atoms with Crippen molar-refractivity contribution in [2.75, 3.05) is 19.6 Å². The number of aliphatic carboxylic acids is 1. The molecule has 0 spiro atoms. The standard InChI is InChI=1S/C10H16N2O3/c13-9(12-3-1-2-4-12)8-5-7(6-11-8)10(14)15/h7-8,11H,1-6H2,(H,14,15)/t7-,8-/m0/s1. The summed E-state index contributed by atoms with van der Waals surface area (Å²) in [4.78, 5) is 24.4. The Bertz CT molecular complexity index is 274. The van der Waals surface area contributed by atoms with Gasteiger partial charge in [-0.1, -0.05) is 0 Å². The molecule has 2 heterocycles. The SMILES string of the molecule is O=C(O)[C@@H]1CN[C@H](C(=O)N2CCCC2)C1. The van der Waals surface area contributed by atoms with Gasteiger partial charge in [-0.15, -0.1) is 0 Å². The van der Waals surface area contributed by atoms with Crippen LogP contribution in [0.2, 0.25) is 0 Å². The summed E-state index contributed by atoms with van der Waals surface area (Å²) in [5.74, 6) is -1.13. The Morgan fingerprint density at radius 2 is 1.93 bits per heavy atom. The van der Waals surface area contributed by atoms with Crippen molar-refractivity contribution in [3.8, 4) is 0 Å². The van der Waals surface area contributed by atoms with E-state index in [1.807, 2.05) is 4.90 Å². The van der Waals surface area contributed by atoms with E-state index in [-0.39, 0.29) is 11.9 Å². The van der Waals surface area contributed by atoms with E-state index in [1.165, 1.54) is 0 Å². The highest BCUT2D eigenvalue weighted by Crippen LogP contribution is 2.18. The molecule has 0 bridgehead atoms. The number of carbonyl (C=O) groups excluding carboxylic acids is 1. The lowest BCUT2D eigenvalue weighted by Crippen LogP contribution is -2.42. The van der Waals surface area contributed by atoms with Crippen LogP contribution < -0.4 is 5.32 Å². The Labute approximate surface area is 88.4 Å². The number of likely N-dealkylation sites (tertiary alicyclic amines) is 1. The third kappa shape index (κ3) is 2.12. The predicted molar refractivity (Wildman–Crippen MR) is 53.3 cm³/mol. The first-order chi connectivity index (χ1) is 7.18. The summed E-state index contributed by atoms with van der Waals surface area (Å²) in [6.45, 7) is 2.07. The van der Waals surface area contributed by atoms with Gasteiger partial charge in [0.1, 0.15) is 0 Å². The molecule has 2 fully saturated rings. The maximum atomic E-state index is 11.9. The fraction of sp³-hybridized carbons (Fsp3) is 0.800. The summed E-state index contributed by atoms with van der Waals surface area (Å²) in [5.41, 5.74) is 0. The molecule has 5 nitrogen and oxygen atoms in total. The molecule has 1 amide bonds. The van der Waals surface area contributed by atoms with Crippen molar-refractivity contribution >= 4 is 11.9 Å². The molecule has 0 aromatic rings. The van der Waals surface area contributed by atoms with Crippen LogP contribution in [0.3, 0.4) is 0 Å². The van der Waals surface area contributed by atoms with Gasteiger partial charge in [0.05, 0.1) is 12.0 Å². The van der Waals surface area contributed by atoms with Gasteiger partial charge in [0.2, 0.25) is 5.91 Å². The number of nitrogens with one attached hydrogen (secondary N) is 1. The fourth-order valence-corrected chi connectivity index (χ4v) is 2.27. The second-order valence-corrected chi connectivity index (χ2v) is 4.26. The molecular weight excluding hydrogens is 196 g/mol. The first-order valence-corrected chi connectivity index (χ1v) is 5.43. The summed E-state index contributed by atoms with van der Waals surface area (Å²) in [6, 6.07) is -0.274. The maximum Gasteiger partial charge on any atom is 0.307 e. The van der Waals surface area contributed by atoms with Crippen LogP contribution in [0.5, 0.6) is 0 Å². The van der Waals surface area contributed by atoms with E-state index in [9.17, 15) is 9.59 Å². The lowest BCUT2D eigenvalue weighted by molar-refractivity contribution is -0.141. The molecule has 0 aromatic carbocycles. The molecule has 2 atom stereocenters. The third-order valence-corrected chi connectivity index (χ3v) is 3.20. The van der Waals surface area contributed by atoms with E-state index < -0.39 is 11.9 Å². The van der Waals surface area contributed by atoms with Gasteiger partial charge >= 0.3 is 5.97 Å². The van der Waals surface area contributed by atoms with Crippen LogP contribution in [0.15, 0.2) is 0 Å². The van der Waals surface area contributed by atoms with Gasteiger partial charge in [-0.2, -0.15) is 0 Å². The number of carboxylic acid groups (broad SMARTS) is 1. The Morgan fingerprint density at radius 1 is 1.27 bits per heavy atom. The van der Waals surface area contributed by atoms with Gasteiger partial charge in [0.25, 0.3) is 0 Å². The average Bonchev–Trinajstić information content (AvgIpc) is 2.88. The molecule has 2 N–H and O–H groups in total. The molecule has 5 heteroatoms. The molecular formula is C10H16N2O3.